The topological polar surface area (TPSA) is 54.4 Å². The van der Waals surface area contributed by atoms with Gasteiger partial charge in [-0.2, -0.15) is 0 Å². The minimum Gasteiger partial charge on any atom is -0.493 e. The number of β-amino-alcohol motifs (C(OH)–C–C–N with tert-alkyl or cyclic N) is 1. The number of aliphatic hydroxyl groups excluding tert-OH is 1. The monoisotopic (exact) mass is 378 g/mol. The molecule has 0 amide bonds. The van der Waals surface area contributed by atoms with Gasteiger partial charge in [-0.25, -0.2) is 0 Å². The van der Waals surface area contributed by atoms with Crippen molar-refractivity contribution >= 4 is 0 Å². The van der Waals surface area contributed by atoms with Crippen molar-refractivity contribution in [3.63, 3.8) is 0 Å². The van der Waals surface area contributed by atoms with Crippen molar-refractivity contribution in [3.8, 4) is 11.5 Å². The molecule has 2 aliphatic heterocycles. The van der Waals surface area contributed by atoms with Crippen molar-refractivity contribution in [2.45, 2.75) is 32.4 Å². The molecule has 6 nitrogen and oxygen atoms in total. The van der Waals surface area contributed by atoms with Crippen LogP contribution in [0.3, 0.4) is 0 Å². The van der Waals surface area contributed by atoms with E-state index in [9.17, 15) is 5.11 Å². The summed E-state index contributed by atoms with van der Waals surface area (Å²) in [6, 6.07) is 6.12. The van der Waals surface area contributed by atoms with Crippen LogP contribution in [0.2, 0.25) is 0 Å². The number of piperidine rings is 1. The van der Waals surface area contributed by atoms with Gasteiger partial charge in [0.2, 0.25) is 0 Å². The normalized spacial score (nSPS) is 21.1. The van der Waals surface area contributed by atoms with Gasteiger partial charge in [0, 0.05) is 26.2 Å². The fourth-order valence-electron chi connectivity index (χ4n) is 3.73. The van der Waals surface area contributed by atoms with E-state index in [1.54, 1.807) is 7.11 Å². The summed E-state index contributed by atoms with van der Waals surface area (Å²) in [6.07, 6.45) is 2.03. The van der Waals surface area contributed by atoms with Gasteiger partial charge in [-0.1, -0.05) is 13.0 Å². The first kappa shape index (κ1) is 20.4. The van der Waals surface area contributed by atoms with Gasteiger partial charge in [0.1, 0.15) is 12.7 Å². The minimum absolute atomic E-state index is 0.261. The molecule has 6 heteroatoms. The van der Waals surface area contributed by atoms with Gasteiger partial charge in [0.15, 0.2) is 11.5 Å². The zero-order valence-corrected chi connectivity index (χ0v) is 16.7. The predicted molar refractivity (Wildman–Crippen MR) is 105 cm³/mol. The molecule has 2 fully saturated rings. The summed E-state index contributed by atoms with van der Waals surface area (Å²) in [4.78, 5) is 4.71. The van der Waals surface area contributed by atoms with Crippen LogP contribution in [0.25, 0.3) is 0 Å². The lowest BCUT2D eigenvalue weighted by Gasteiger charge is -2.30. The highest BCUT2D eigenvalue weighted by Crippen LogP contribution is 2.29. The van der Waals surface area contributed by atoms with Crippen molar-refractivity contribution < 1.29 is 19.3 Å². The highest BCUT2D eigenvalue weighted by molar-refractivity contribution is 5.43. The van der Waals surface area contributed by atoms with Crippen LogP contribution in [0.15, 0.2) is 18.2 Å². The average molecular weight is 379 g/mol. The Bertz CT molecular complexity index is 569. The second-order valence-electron chi connectivity index (χ2n) is 7.82. The van der Waals surface area contributed by atoms with Gasteiger partial charge in [-0.15, -0.1) is 0 Å². The minimum atomic E-state index is -0.525. The van der Waals surface area contributed by atoms with Crippen molar-refractivity contribution in [3.05, 3.63) is 23.8 Å². The summed E-state index contributed by atoms with van der Waals surface area (Å²) in [7, 11) is 1.67. The van der Waals surface area contributed by atoms with E-state index in [2.05, 4.69) is 28.9 Å². The van der Waals surface area contributed by atoms with E-state index in [4.69, 9.17) is 14.2 Å². The van der Waals surface area contributed by atoms with Crippen LogP contribution >= 0.6 is 0 Å². The van der Waals surface area contributed by atoms with Gasteiger partial charge < -0.3 is 19.3 Å². The van der Waals surface area contributed by atoms with Crippen LogP contribution in [0.1, 0.15) is 25.3 Å². The molecule has 0 unspecified atom stereocenters. The molecule has 27 heavy (non-hydrogen) atoms. The molecule has 0 spiro atoms. The van der Waals surface area contributed by atoms with E-state index in [1.807, 2.05) is 6.07 Å². The average Bonchev–Trinajstić information content (AvgIpc) is 2.69. The smallest absolute Gasteiger partial charge is 0.161 e. The van der Waals surface area contributed by atoms with E-state index in [1.165, 1.54) is 18.4 Å². The number of nitrogens with zero attached hydrogens (tertiary/aromatic N) is 2. The molecule has 2 aliphatic rings. The number of ether oxygens (including phenoxy) is 3. The SMILES string of the molecule is COc1cc(CN2CCC(C)CC2)ccc1OC[C@H](O)CN1CCOCC1. The second-order valence-corrected chi connectivity index (χ2v) is 7.82. The third kappa shape index (κ3) is 6.35. The summed E-state index contributed by atoms with van der Waals surface area (Å²) in [5.41, 5.74) is 1.24. The first-order valence-corrected chi connectivity index (χ1v) is 10.1. The number of rotatable bonds is 8. The maximum Gasteiger partial charge on any atom is 0.161 e. The number of benzene rings is 1. The van der Waals surface area contributed by atoms with Crippen LogP contribution in [0.4, 0.5) is 0 Å². The molecule has 0 saturated carbocycles. The second kappa shape index (κ2) is 10.3. The van der Waals surface area contributed by atoms with Crippen molar-refractivity contribution in [2.75, 3.05) is 59.7 Å². The Morgan fingerprint density at radius 1 is 1.11 bits per heavy atom. The standard InChI is InChI=1S/C21H34N2O4/c1-17-5-7-22(8-6-17)14-18-3-4-20(21(13-18)25-2)27-16-19(24)15-23-9-11-26-12-10-23/h3-4,13,17,19,24H,5-12,14-16H2,1-2H3/t19-/m1/s1. The highest BCUT2D eigenvalue weighted by Gasteiger charge is 2.18. The summed E-state index contributed by atoms with van der Waals surface area (Å²) >= 11 is 0. The number of methoxy groups -OCH3 is 1. The molecule has 1 aromatic rings. The van der Waals surface area contributed by atoms with Crippen molar-refractivity contribution in [1.82, 2.24) is 9.80 Å². The fourth-order valence-corrected chi connectivity index (χ4v) is 3.73. The number of hydrogen-bond acceptors (Lipinski definition) is 6. The van der Waals surface area contributed by atoms with Crippen LogP contribution in [-0.2, 0) is 11.3 Å². The Morgan fingerprint density at radius 2 is 1.85 bits per heavy atom. The van der Waals surface area contributed by atoms with E-state index in [0.717, 1.165) is 57.6 Å². The maximum absolute atomic E-state index is 10.3. The summed E-state index contributed by atoms with van der Waals surface area (Å²) < 4.78 is 16.7. The molecule has 0 aromatic heterocycles. The molecule has 3 rings (SSSR count). The zero-order chi connectivity index (χ0) is 19.1. The Morgan fingerprint density at radius 3 is 2.56 bits per heavy atom. The van der Waals surface area contributed by atoms with Crippen molar-refractivity contribution in [1.29, 1.82) is 0 Å². The zero-order valence-electron chi connectivity index (χ0n) is 16.7. The lowest BCUT2D eigenvalue weighted by molar-refractivity contribution is 0.00445. The Kier molecular flexibility index (Phi) is 7.76. The molecule has 1 N–H and O–H groups in total. The van der Waals surface area contributed by atoms with Crippen LogP contribution < -0.4 is 9.47 Å². The van der Waals surface area contributed by atoms with Gasteiger partial charge >= 0.3 is 0 Å². The van der Waals surface area contributed by atoms with Crippen molar-refractivity contribution in [2.24, 2.45) is 5.92 Å². The Labute approximate surface area is 163 Å². The summed E-state index contributed by atoms with van der Waals surface area (Å²) in [5.74, 6) is 2.27. The number of morpholine rings is 1. The van der Waals surface area contributed by atoms with Crippen LogP contribution in [-0.4, -0.2) is 80.7 Å². The van der Waals surface area contributed by atoms with Gasteiger partial charge in [-0.3, -0.25) is 9.80 Å². The van der Waals surface area contributed by atoms with Gasteiger partial charge in [0.05, 0.1) is 20.3 Å². The van der Waals surface area contributed by atoms with E-state index in [0.29, 0.717) is 12.3 Å². The predicted octanol–water partition coefficient (Wildman–Crippen LogP) is 2.00. The summed E-state index contributed by atoms with van der Waals surface area (Å²) in [6.45, 7) is 9.68. The molecule has 152 valence electrons. The molecular formula is C21H34N2O4. The Balaban J connectivity index is 1.49. The van der Waals surface area contributed by atoms with Crippen LogP contribution in [0, 0.1) is 5.92 Å². The molecule has 0 radical (unpaired) electrons. The lowest BCUT2D eigenvalue weighted by Crippen LogP contribution is -2.42. The van der Waals surface area contributed by atoms with E-state index >= 15 is 0 Å². The lowest BCUT2D eigenvalue weighted by atomic mass is 9.99. The molecular weight excluding hydrogens is 344 g/mol. The van der Waals surface area contributed by atoms with E-state index < -0.39 is 6.10 Å². The molecule has 2 heterocycles. The molecule has 0 bridgehead atoms. The van der Waals surface area contributed by atoms with E-state index in [-0.39, 0.29) is 6.61 Å². The first-order valence-electron chi connectivity index (χ1n) is 10.1. The van der Waals surface area contributed by atoms with Crippen LogP contribution in [0.5, 0.6) is 11.5 Å². The van der Waals surface area contributed by atoms with Gasteiger partial charge in [-0.05, 0) is 49.5 Å². The number of aliphatic hydroxyl groups is 1. The quantitative estimate of drug-likeness (QED) is 0.747. The largest absolute Gasteiger partial charge is 0.493 e. The third-order valence-electron chi connectivity index (χ3n) is 5.51. The highest BCUT2D eigenvalue weighted by atomic mass is 16.5. The molecule has 1 aromatic carbocycles. The third-order valence-corrected chi connectivity index (χ3v) is 5.51. The fraction of sp³-hybridized carbons (Fsp3) is 0.714. The number of hydrogen-bond donors (Lipinski definition) is 1. The summed E-state index contributed by atoms with van der Waals surface area (Å²) in [5, 5.41) is 10.3. The molecule has 0 aliphatic carbocycles. The molecule has 2 saturated heterocycles. The van der Waals surface area contributed by atoms with Gasteiger partial charge in [0.25, 0.3) is 0 Å². The Hall–Kier alpha value is -1.34. The number of likely N-dealkylation sites (tertiary alicyclic amines) is 1. The molecule has 1 atom stereocenters. The first-order chi connectivity index (χ1) is 13.1. The maximum atomic E-state index is 10.3.